The molecule has 0 aliphatic carbocycles. The van der Waals surface area contributed by atoms with Gasteiger partial charge in [-0.2, -0.15) is 0 Å². The van der Waals surface area contributed by atoms with E-state index in [1.54, 1.807) is 12.1 Å². The van der Waals surface area contributed by atoms with Crippen molar-refractivity contribution >= 4 is 11.6 Å². The zero-order valence-corrected chi connectivity index (χ0v) is 11.1. The zero-order chi connectivity index (χ0) is 14.0. The van der Waals surface area contributed by atoms with Crippen molar-refractivity contribution in [2.75, 3.05) is 6.54 Å². The molecule has 1 aliphatic heterocycles. The van der Waals surface area contributed by atoms with Crippen LogP contribution in [0.5, 0.6) is 0 Å². The van der Waals surface area contributed by atoms with E-state index in [0.717, 1.165) is 18.7 Å². The molecule has 1 aliphatic rings. The molecule has 4 nitrogen and oxygen atoms in total. The summed E-state index contributed by atoms with van der Waals surface area (Å²) in [6.07, 6.45) is 2.94. The predicted octanol–water partition coefficient (Wildman–Crippen LogP) is 1.88. The Labute approximate surface area is 112 Å². The fraction of sp³-hybridized carbons (Fsp3) is 0.357. The largest absolute Gasteiger partial charge is 0.366 e. The van der Waals surface area contributed by atoms with E-state index in [2.05, 4.69) is 12.3 Å². The Bertz CT molecular complexity index is 527. The number of nitrogens with one attached hydrogen (secondary N) is 1. The first kappa shape index (κ1) is 13.5. The molecule has 0 aromatic heterocycles. The number of amides is 1. The highest BCUT2D eigenvalue weighted by Gasteiger charge is 2.23. The van der Waals surface area contributed by atoms with Gasteiger partial charge in [0.15, 0.2) is 0 Å². The molecule has 2 rings (SSSR count). The molecular formula is C14H18FN3O. The van der Waals surface area contributed by atoms with Crippen LogP contribution in [0.15, 0.2) is 24.3 Å². The lowest BCUT2D eigenvalue weighted by Gasteiger charge is -2.22. The van der Waals surface area contributed by atoms with Gasteiger partial charge in [0.05, 0.1) is 5.70 Å². The van der Waals surface area contributed by atoms with Crippen molar-refractivity contribution in [1.29, 1.82) is 0 Å². The molecule has 3 N–H and O–H groups in total. The number of primary amides is 1. The van der Waals surface area contributed by atoms with Gasteiger partial charge in [-0.05, 0) is 37.6 Å². The second-order valence-corrected chi connectivity index (χ2v) is 4.50. The number of hydrogen-bond donors (Lipinski definition) is 2. The molecule has 0 spiro atoms. The first-order chi connectivity index (χ1) is 9.06. The smallest absolute Gasteiger partial charge is 0.248 e. The predicted molar refractivity (Wildman–Crippen MR) is 72.5 cm³/mol. The minimum atomic E-state index is -0.622. The lowest BCUT2D eigenvalue weighted by Crippen LogP contribution is -2.36. The Morgan fingerprint density at radius 1 is 1.47 bits per heavy atom. The van der Waals surface area contributed by atoms with Crippen molar-refractivity contribution in [3.63, 3.8) is 0 Å². The molecule has 0 bridgehead atoms. The van der Waals surface area contributed by atoms with Crippen LogP contribution >= 0.6 is 0 Å². The van der Waals surface area contributed by atoms with Gasteiger partial charge in [0.2, 0.25) is 5.91 Å². The molecule has 0 saturated heterocycles. The zero-order valence-electron chi connectivity index (χ0n) is 11.1. The highest BCUT2D eigenvalue weighted by atomic mass is 19.1. The molecule has 1 heterocycles. The van der Waals surface area contributed by atoms with Crippen LogP contribution in [-0.2, 0) is 0 Å². The van der Waals surface area contributed by atoms with Crippen LogP contribution in [0, 0.1) is 5.82 Å². The van der Waals surface area contributed by atoms with Crippen molar-refractivity contribution in [2.24, 2.45) is 5.73 Å². The SMILES string of the molecule is CCC1C=C(c2ccc(C(N)=O)cc2F)N(CC)N1. The van der Waals surface area contributed by atoms with Crippen molar-refractivity contribution in [3.05, 3.63) is 41.2 Å². The van der Waals surface area contributed by atoms with E-state index >= 15 is 0 Å². The Morgan fingerprint density at radius 3 is 2.74 bits per heavy atom. The normalized spacial score (nSPS) is 18.6. The molecule has 1 unspecified atom stereocenters. The molecule has 1 amide bonds. The van der Waals surface area contributed by atoms with Crippen LogP contribution in [0.3, 0.4) is 0 Å². The number of rotatable bonds is 4. The fourth-order valence-corrected chi connectivity index (χ4v) is 2.17. The summed E-state index contributed by atoms with van der Waals surface area (Å²) in [5.74, 6) is -1.05. The third-order valence-electron chi connectivity index (χ3n) is 3.26. The summed E-state index contributed by atoms with van der Waals surface area (Å²) in [4.78, 5) is 11.0. The van der Waals surface area contributed by atoms with E-state index in [1.807, 2.05) is 18.0 Å². The first-order valence-electron chi connectivity index (χ1n) is 6.42. The number of nitrogens with zero attached hydrogens (tertiary/aromatic N) is 1. The molecular weight excluding hydrogens is 245 g/mol. The summed E-state index contributed by atoms with van der Waals surface area (Å²) in [6, 6.07) is 4.55. The van der Waals surface area contributed by atoms with Crippen molar-refractivity contribution < 1.29 is 9.18 Å². The van der Waals surface area contributed by atoms with Gasteiger partial charge in [-0.15, -0.1) is 0 Å². The van der Waals surface area contributed by atoms with Gasteiger partial charge in [-0.3, -0.25) is 4.79 Å². The average Bonchev–Trinajstić information content (AvgIpc) is 2.81. The molecule has 19 heavy (non-hydrogen) atoms. The van der Waals surface area contributed by atoms with Gasteiger partial charge >= 0.3 is 0 Å². The lowest BCUT2D eigenvalue weighted by molar-refractivity contribution is 0.1000. The van der Waals surface area contributed by atoms with Gasteiger partial charge in [-0.25, -0.2) is 9.82 Å². The van der Waals surface area contributed by atoms with Crippen LogP contribution in [0.25, 0.3) is 5.70 Å². The summed E-state index contributed by atoms with van der Waals surface area (Å²) >= 11 is 0. The summed E-state index contributed by atoms with van der Waals surface area (Å²) in [6.45, 7) is 4.80. The van der Waals surface area contributed by atoms with Gasteiger partial charge in [-0.1, -0.05) is 6.92 Å². The molecule has 5 heteroatoms. The Hall–Kier alpha value is -1.88. The van der Waals surface area contributed by atoms with E-state index in [1.165, 1.54) is 6.07 Å². The van der Waals surface area contributed by atoms with Crippen LogP contribution < -0.4 is 11.2 Å². The van der Waals surface area contributed by atoms with Gasteiger partial charge in [0.1, 0.15) is 5.82 Å². The lowest BCUT2D eigenvalue weighted by atomic mass is 10.1. The monoisotopic (exact) mass is 263 g/mol. The van der Waals surface area contributed by atoms with Gasteiger partial charge in [0.25, 0.3) is 0 Å². The topological polar surface area (TPSA) is 58.4 Å². The van der Waals surface area contributed by atoms with E-state index < -0.39 is 11.7 Å². The third kappa shape index (κ3) is 2.61. The average molecular weight is 263 g/mol. The van der Waals surface area contributed by atoms with Crippen LogP contribution in [0.1, 0.15) is 36.2 Å². The van der Waals surface area contributed by atoms with E-state index in [9.17, 15) is 9.18 Å². The molecule has 1 aromatic carbocycles. The number of halogens is 1. The molecule has 0 fully saturated rings. The summed E-state index contributed by atoms with van der Waals surface area (Å²) in [7, 11) is 0. The first-order valence-corrected chi connectivity index (χ1v) is 6.42. The number of hydrazine groups is 1. The van der Waals surface area contributed by atoms with E-state index in [4.69, 9.17) is 5.73 Å². The van der Waals surface area contributed by atoms with Gasteiger partial charge in [0, 0.05) is 23.7 Å². The molecule has 1 aromatic rings. The number of benzene rings is 1. The maximum absolute atomic E-state index is 14.1. The molecule has 102 valence electrons. The van der Waals surface area contributed by atoms with E-state index in [-0.39, 0.29) is 11.6 Å². The fourth-order valence-electron chi connectivity index (χ4n) is 2.17. The number of nitrogens with two attached hydrogens (primary N) is 1. The third-order valence-corrected chi connectivity index (χ3v) is 3.26. The Morgan fingerprint density at radius 2 is 2.21 bits per heavy atom. The molecule has 1 atom stereocenters. The Balaban J connectivity index is 2.38. The number of hydrogen-bond acceptors (Lipinski definition) is 3. The van der Waals surface area contributed by atoms with Gasteiger partial charge < -0.3 is 10.7 Å². The maximum Gasteiger partial charge on any atom is 0.248 e. The second-order valence-electron chi connectivity index (χ2n) is 4.50. The minimum absolute atomic E-state index is 0.183. The Kier molecular flexibility index (Phi) is 3.85. The van der Waals surface area contributed by atoms with Crippen LogP contribution in [-0.4, -0.2) is 23.5 Å². The van der Waals surface area contributed by atoms with Crippen LogP contribution in [0.4, 0.5) is 4.39 Å². The molecule has 0 saturated carbocycles. The number of carbonyl (C=O) groups is 1. The van der Waals surface area contributed by atoms with Crippen molar-refractivity contribution in [1.82, 2.24) is 10.4 Å². The highest BCUT2D eigenvalue weighted by molar-refractivity contribution is 5.93. The summed E-state index contributed by atoms with van der Waals surface area (Å²) in [5, 5.41) is 1.91. The number of carbonyl (C=O) groups excluding carboxylic acids is 1. The summed E-state index contributed by atoms with van der Waals surface area (Å²) in [5.41, 5.74) is 9.90. The highest BCUT2D eigenvalue weighted by Crippen LogP contribution is 2.26. The molecule has 0 radical (unpaired) electrons. The van der Waals surface area contributed by atoms with E-state index in [0.29, 0.717) is 5.56 Å². The standard InChI is InChI=1S/C14H18FN3O/c1-3-10-8-13(18(4-2)17-10)11-6-5-9(14(16)19)7-12(11)15/h5-8,10,17H,3-4H2,1-2H3,(H2,16,19). The minimum Gasteiger partial charge on any atom is -0.366 e. The summed E-state index contributed by atoms with van der Waals surface area (Å²) < 4.78 is 14.1. The van der Waals surface area contributed by atoms with Crippen LogP contribution in [0.2, 0.25) is 0 Å². The quantitative estimate of drug-likeness (QED) is 0.872. The maximum atomic E-state index is 14.1. The second kappa shape index (κ2) is 5.40. The van der Waals surface area contributed by atoms with Crippen molar-refractivity contribution in [3.8, 4) is 0 Å². The van der Waals surface area contributed by atoms with Crippen molar-refractivity contribution in [2.45, 2.75) is 26.3 Å².